The largest absolute Gasteiger partial charge is 0.323 e. The summed E-state index contributed by atoms with van der Waals surface area (Å²) in [5.74, 6) is 11.3. The number of nitrogens with one attached hydrogen (secondary N) is 2. The van der Waals surface area contributed by atoms with Gasteiger partial charge in [-0.1, -0.05) is 98.8 Å². The third-order valence-electron chi connectivity index (χ3n) is 10.0. The van der Waals surface area contributed by atoms with E-state index < -0.39 is 29.7 Å². The van der Waals surface area contributed by atoms with Crippen molar-refractivity contribution in [3.05, 3.63) is 129 Å². The van der Waals surface area contributed by atoms with E-state index in [0.717, 1.165) is 0 Å². The molecular weight excluding hydrogens is 677 g/mol. The van der Waals surface area contributed by atoms with Crippen molar-refractivity contribution in [1.82, 2.24) is 0 Å². The molecule has 4 aromatic rings. The molecule has 8 N–H and O–H groups in total. The highest BCUT2D eigenvalue weighted by Gasteiger charge is 2.54. The van der Waals surface area contributed by atoms with Crippen molar-refractivity contribution in [3.63, 3.8) is 0 Å². The van der Waals surface area contributed by atoms with Crippen LogP contribution in [0.15, 0.2) is 95.1 Å². The van der Waals surface area contributed by atoms with Gasteiger partial charge < -0.3 is 11.7 Å². The lowest BCUT2D eigenvalue weighted by molar-refractivity contribution is 0.444. The quantitative estimate of drug-likeness (QED) is 0.0873. The second-order valence-electron chi connectivity index (χ2n) is 12.4. The van der Waals surface area contributed by atoms with Crippen LogP contribution in [0.5, 0.6) is 0 Å². The molecule has 0 saturated heterocycles. The number of aryl methyl sites for hydroxylation is 2. The first-order valence-corrected chi connectivity index (χ1v) is 18.7. The van der Waals surface area contributed by atoms with E-state index in [0.29, 0.717) is 57.3 Å². The Labute approximate surface area is 290 Å². The molecule has 0 saturated carbocycles. The zero-order chi connectivity index (χ0) is 36.2. The van der Waals surface area contributed by atoms with E-state index in [1.54, 1.807) is 72.8 Å². The van der Waals surface area contributed by atoms with Crippen LogP contribution in [0, 0.1) is 10.8 Å². The average molecular weight is 713 g/mol. The maximum atomic E-state index is 13.5. The number of nitrogens with two attached hydrogens (primary N) is 2. The molecule has 258 valence electrons. The molecule has 2 aliphatic rings. The number of hydrazone groups is 2. The van der Waals surface area contributed by atoms with Gasteiger partial charge in [0.2, 0.25) is 0 Å². The SMILES string of the molecule is CCc1cc(-c2ccc(C3(S(=O)(=O)O)CC(=NN)C(=N)c4ccccc43)c(CC)c2)ccc1C1(S(=O)(=O)O)CC(=NN)C(=N)c2ccccc21. The van der Waals surface area contributed by atoms with Gasteiger partial charge >= 0.3 is 0 Å². The summed E-state index contributed by atoms with van der Waals surface area (Å²) < 4.78 is 71.9. The van der Waals surface area contributed by atoms with Crippen LogP contribution in [0.2, 0.25) is 0 Å². The smallest absolute Gasteiger partial charge is 0.279 e. The highest BCUT2D eigenvalue weighted by molar-refractivity contribution is 7.87. The topological polar surface area (TPSA) is 233 Å². The second-order valence-corrected chi connectivity index (χ2v) is 15.7. The van der Waals surface area contributed by atoms with E-state index in [1.807, 2.05) is 26.0 Å². The Morgan fingerprint density at radius 2 is 0.980 bits per heavy atom. The lowest BCUT2D eigenvalue weighted by Crippen LogP contribution is -2.46. The van der Waals surface area contributed by atoms with E-state index in [9.17, 15) is 25.9 Å². The highest BCUT2D eigenvalue weighted by atomic mass is 32.2. The monoisotopic (exact) mass is 712 g/mol. The molecule has 0 heterocycles. The van der Waals surface area contributed by atoms with E-state index in [-0.39, 0.29) is 46.8 Å². The van der Waals surface area contributed by atoms with Crippen molar-refractivity contribution in [2.75, 3.05) is 0 Å². The van der Waals surface area contributed by atoms with Crippen molar-refractivity contribution < 1.29 is 25.9 Å². The molecule has 4 aromatic carbocycles. The third-order valence-corrected chi connectivity index (χ3v) is 13.0. The first kappa shape index (κ1) is 34.8. The molecule has 0 fully saturated rings. The molecule has 2 atom stereocenters. The van der Waals surface area contributed by atoms with Crippen molar-refractivity contribution in [3.8, 4) is 11.1 Å². The van der Waals surface area contributed by atoms with Gasteiger partial charge in [-0.25, -0.2) is 0 Å². The molecular formula is C36H36N6O6S2. The van der Waals surface area contributed by atoms with E-state index in [2.05, 4.69) is 10.2 Å². The standard InChI is InChI=1S/C36H36N6O6S2/c1-3-21-17-23(13-15-27(21)35(49(43,44)45)19-31(41-39)33(37)25-9-5-7-11-29(25)35)24-14-16-28(22(4-2)18-24)36(50(46,47)48)20-32(42-40)34(38)26-10-6-8-12-30(26)36/h5-18,37-38H,3-4,19-20,39-40H2,1-2H3,(H,43,44,45)(H,46,47,48). The minimum absolute atomic E-state index is 0.0193. The molecule has 2 unspecified atom stereocenters. The zero-order valence-corrected chi connectivity index (χ0v) is 28.9. The fourth-order valence-electron chi connectivity index (χ4n) is 7.62. The lowest BCUT2D eigenvalue weighted by Gasteiger charge is -2.39. The molecule has 0 bridgehead atoms. The van der Waals surface area contributed by atoms with Crippen LogP contribution >= 0.6 is 0 Å². The van der Waals surface area contributed by atoms with E-state index in [4.69, 9.17) is 22.5 Å². The molecule has 0 aliphatic heterocycles. The lowest BCUT2D eigenvalue weighted by atomic mass is 9.73. The molecule has 0 aromatic heterocycles. The fraction of sp³-hybridized carbons (Fsp3) is 0.222. The van der Waals surface area contributed by atoms with Crippen molar-refractivity contribution in [2.45, 2.75) is 49.0 Å². The highest BCUT2D eigenvalue weighted by Crippen LogP contribution is 2.49. The van der Waals surface area contributed by atoms with E-state index in [1.165, 1.54) is 0 Å². The number of rotatable bonds is 7. The van der Waals surface area contributed by atoms with Crippen LogP contribution in [0.4, 0.5) is 0 Å². The molecule has 0 radical (unpaired) electrons. The average Bonchev–Trinajstić information content (AvgIpc) is 3.11. The van der Waals surface area contributed by atoms with E-state index >= 15 is 0 Å². The summed E-state index contributed by atoms with van der Waals surface area (Å²) in [6, 6.07) is 23.4. The van der Waals surface area contributed by atoms with Gasteiger partial charge in [0.15, 0.2) is 9.49 Å². The predicted octanol–water partition coefficient (Wildman–Crippen LogP) is 4.91. The van der Waals surface area contributed by atoms with Gasteiger partial charge in [0, 0.05) is 24.0 Å². The Morgan fingerprint density at radius 3 is 1.30 bits per heavy atom. The van der Waals surface area contributed by atoms with Gasteiger partial charge in [-0.05, 0) is 57.3 Å². The van der Waals surface area contributed by atoms with Gasteiger partial charge in [0.05, 0.1) is 22.8 Å². The fourth-order valence-corrected chi connectivity index (χ4v) is 10.1. The maximum Gasteiger partial charge on any atom is 0.279 e. The van der Waals surface area contributed by atoms with Crippen LogP contribution in [-0.2, 0) is 42.6 Å². The van der Waals surface area contributed by atoms with Crippen molar-refractivity contribution in [1.29, 1.82) is 10.8 Å². The van der Waals surface area contributed by atoms with Crippen LogP contribution in [0.25, 0.3) is 11.1 Å². The number of nitrogens with zero attached hydrogens (tertiary/aromatic N) is 2. The Hall–Kier alpha value is -5.02. The van der Waals surface area contributed by atoms with Crippen LogP contribution in [0.1, 0.15) is 71.2 Å². The summed E-state index contributed by atoms with van der Waals surface area (Å²) >= 11 is 0. The number of hydrogen-bond acceptors (Lipinski definition) is 10. The van der Waals surface area contributed by atoms with Crippen LogP contribution in [0.3, 0.4) is 0 Å². The summed E-state index contributed by atoms with van der Waals surface area (Å²) in [5, 5.41) is 24.7. The third kappa shape index (κ3) is 5.01. The molecule has 0 amide bonds. The van der Waals surface area contributed by atoms with Gasteiger partial charge in [-0.2, -0.15) is 27.0 Å². The maximum absolute atomic E-state index is 13.5. The van der Waals surface area contributed by atoms with Gasteiger partial charge in [0.1, 0.15) is 0 Å². The van der Waals surface area contributed by atoms with Crippen LogP contribution < -0.4 is 11.7 Å². The molecule has 6 rings (SSSR count). The molecule has 12 nitrogen and oxygen atoms in total. The number of hydrogen-bond donors (Lipinski definition) is 6. The Bertz CT molecular complexity index is 2220. The normalized spacial score (nSPS) is 22.4. The van der Waals surface area contributed by atoms with Gasteiger partial charge in [-0.15, -0.1) is 0 Å². The molecule has 14 heteroatoms. The molecule has 2 aliphatic carbocycles. The van der Waals surface area contributed by atoms with Crippen LogP contribution in [-0.4, -0.2) is 48.8 Å². The summed E-state index contributed by atoms with van der Waals surface area (Å²) in [7, 11) is -9.72. The van der Waals surface area contributed by atoms with Gasteiger partial charge in [0.25, 0.3) is 20.2 Å². The first-order valence-electron chi connectivity index (χ1n) is 15.8. The Balaban J connectivity index is 1.55. The summed E-state index contributed by atoms with van der Waals surface area (Å²) in [6.45, 7) is 3.72. The Kier molecular flexibility index (Phi) is 8.63. The minimum Gasteiger partial charge on any atom is -0.323 e. The minimum atomic E-state index is -4.86. The van der Waals surface area contributed by atoms with Gasteiger partial charge in [-0.3, -0.25) is 19.9 Å². The second kappa shape index (κ2) is 12.4. The summed E-state index contributed by atoms with van der Waals surface area (Å²) in [5.41, 5.74) is 4.36. The summed E-state index contributed by atoms with van der Waals surface area (Å²) in [4.78, 5) is 0. The summed E-state index contributed by atoms with van der Waals surface area (Å²) in [6.07, 6.45) is 0.0707. The first-order chi connectivity index (χ1) is 23.7. The zero-order valence-electron chi connectivity index (χ0n) is 27.3. The number of fused-ring (bicyclic) bond motifs is 2. The molecule has 50 heavy (non-hydrogen) atoms. The molecule has 0 spiro atoms. The number of benzene rings is 4. The Morgan fingerprint density at radius 1 is 0.620 bits per heavy atom. The van der Waals surface area contributed by atoms with Crippen molar-refractivity contribution in [2.24, 2.45) is 21.9 Å². The predicted molar refractivity (Wildman–Crippen MR) is 194 cm³/mol. The van der Waals surface area contributed by atoms with Crippen molar-refractivity contribution >= 4 is 43.1 Å².